The Balaban J connectivity index is 2.81. The van der Waals surface area contributed by atoms with E-state index in [2.05, 4.69) is 0 Å². The second kappa shape index (κ2) is 4.11. The fourth-order valence-corrected chi connectivity index (χ4v) is 3.57. The van der Waals surface area contributed by atoms with E-state index in [1.165, 1.54) is 4.70 Å². The van der Waals surface area contributed by atoms with Gasteiger partial charge in [-0.15, -0.1) is 23.1 Å². The predicted octanol–water partition coefficient (Wildman–Crippen LogP) is 3.77. The fraction of sp³-hybridized carbons (Fsp3) is 0.200. The summed E-state index contributed by atoms with van der Waals surface area (Å²) in [6, 6.07) is 3.91. The van der Waals surface area contributed by atoms with Crippen molar-refractivity contribution in [2.75, 3.05) is 6.26 Å². The molecule has 0 aliphatic heterocycles. The van der Waals surface area contributed by atoms with E-state index in [-0.39, 0.29) is 6.61 Å². The van der Waals surface area contributed by atoms with Gasteiger partial charge in [-0.05, 0) is 29.3 Å². The van der Waals surface area contributed by atoms with Gasteiger partial charge in [0.15, 0.2) is 0 Å². The maximum absolute atomic E-state index is 9.19. The summed E-state index contributed by atoms with van der Waals surface area (Å²) in [5.41, 5.74) is 0.969. The predicted molar refractivity (Wildman–Crippen MR) is 64.5 cm³/mol. The van der Waals surface area contributed by atoms with Crippen molar-refractivity contribution in [2.45, 2.75) is 11.5 Å². The number of aliphatic hydroxyl groups excluding tert-OH is 1. The molecular weight excluding hydrogens is 236 g/mol. The SMILES string of the molecule is CSc1c(Cl)ccc2scc(CO)c12. The Kier molecular flexibility index (Phi) is 3.02. The van der Waals surface area contributed by atoms with E-state index >= 15 is 0 Å². The normalized spacial score (nSPS) is 11.1. The van der Waals surface area contributed by atoms with Gasteiger partial charge >= 0.3 is 0 Å². The lowest BCUT2D eigenvalue weighted by Crippen LogP contribution is -1.82. The third-order valence-electron chi connectivity index (χ3n) is 2.10. The molecule has 1 aromatic heterocycles. The van der Waals surface area contributed by atoms with Crippen LogP contribution in [0.3, 0.4) is 0 Å². The molecule has 1 heterocycles. The van der Waals surface area contributed by atoms with Crippen molar-refractivity contribution in [3.8, 4) is 0 Å². The Labute approximate surface area is 95.7 Å². The molecule has 0 unspecified atom stereocenters. The number of thioether (sulfide) groups is 1. The molecule has 1 nitrogen and oxygen atoms in total. The monoisotopic (exact) mass is 244 g/mol. The highest BCUT2D eigenvalue weighted by Gasteiger charge is 2.10. The summed E-state index contributed by atoms with van der Waals surface area (Å²) in [6.45, 7) is 0.0773. The van der Waals surface area contributed by atoms with E-state index in [1.807, 2.05) is 23.8 Å². The Morgan fingerprint density at radius 2 is 2.29 bits per heavy atom. The third-order valence-corrected chi connectivity index (χ3v) is 4.35. The minimum atomic E-state index is 0.0773. The molecule has 14 heavy (non-hydrogen) atoms. The van der Waals surface area contributed by atoms with Crippen LogP contribution in [0, 0.1) is 0 Å². The molecule has 1 N–H and O–H groups in total. The molecule has 0 bridgehead atoms. The van der Waals surface area contributed by atoms with Gasteiger partial charge in [0.1, 0.15) is 0 Å². The molecule has 0 aliphatic carbocycles. The largest absolute Gasteiger partial charge is 0.392 e. The number of fused-ring (bicyclic) bond motifs is 1. The first-order valence-corrected chi connectivity index (χ1v) is 6.59. The van der Waals surface area contributed by atoms with E-state index in [9.17, 15) is 5.11 Å². The lowest BCUT2D eigenvalue weighted by atomic mass is 10.2. The highest BCUT2D eigenvalue weighted by Crippen LogP contribution is 2.38. The van der Waals surface area contributed by atoms with Crippen LogP contribution in [0.25, 0.3) is 10.1 Å². The number of rotatable bonds is 2. The van der Waals surface area contributed by atoms with Crippen molar-refractivity contribution in [1.29, 1.82) is 0 Å². The van der Waals surface area contributed by atoms with Gasteiger partial charge in [-0.1, -0.05) is 11.6 Å². The van der Waals surface area contributed by atoms with Crippen LogP contribution in [0.5, 0.6) is 0 Å². The maximum atomic E-state index is 9.19. The number of aliphatic hydroxyl groups is 1. The second-order valence-corrected chi connectivity index (χ2v) is 5.01. The molecule has 2 aromatic rings. The first kappa shape index (κ1) is 10.3. The first-order chi connectivity index (χ1) is 6.77. The molecule has 2 rings (SSSR count). The van der Waals surface area contributed by atoms with E-state index in [4.69, 9.17) is 11.6 Å². The summed E-state index contributed by atoms with van der Waals surface area (Å²) in [5.74, 6) is 0. The van der Waals surface area contributed by atoms with Crippen molar-refractivity contribution in [2.24, 2.45) is 0 Å². The summed E-state index contributed by atoms with van der Waals surface area (Å²) in [6.07, 6.45) is 2.00. The standard InChI is InChI=1S/C10H9ClOS2/c1-13-10-7(11)2-3-8-9(10)6(4-12)5-14-8/h2-3,5,12H,4H2,1H3. The quantitative estimate of drug-likeness (QED) is 0.812. The Morgan fingerprint density at radius 1 is 1.50 bits per heavy atom. The number of halogens is 1. The Morgan fingerprint density at radius 3 is 2.93 bits per heavy atom. The van der Waals surface area contributed by atoms with Crippen LogP contribution in [0.2, 0.25) is 5.02 Å². The summed E-state index contributed by atoms with van der Waals surface area (Å²) in [5, 5.41) is 13.0. The second-order valence-electron chi connectivity index (χ2n) is 2.87. The van der Waals surface area contributed by atoms with Crippen LogP contribution < -0.4 is 0 Å². The average molecular weight is 245 g/mol. The zero-order chi connectivity index (χ0) is 10.1. The molecule has 0 fully saturated rings. The lowest BCUT2D eigenvalue weighted by molar-refractivity contribution is 0.283. The van der Waals surface area contributed by atoms with Crippen molar-refractivity contribution in [3.63, 3.8) is 0 Å². The lowest BCUT2D eigenvalue weighted by Gasteiger charge is -2.04. The molecule has 4 heteroatoms. The van der Waals surface area contributed by atoms with Gasteiger partial charge in [-0.3, -0.25) is 0 Å². The van der Waals surface area contributed by atoms with Crippen LogP contribution in [0.4, 0.5) is 0 Å². The molecule has 0 radical (unpaired) electrons. The molecule has 0 saturated heterocycles. The Bertz CT molecular complexity index is 464. The minimum Gasteiger partial charge on any atom is -0.392 e. The Hall–Kier alpha value is -0.220. The number of thiophene rings is 1. The van der Waals surface area contributed by atoms with Crippen molar-refractivity contribution < 1.29 is 5.11 Å². The maximum Gasteiger partial charge on any atom is 0.0696 e. The number of hydrogen-bond acceptors (Lipinski definition) is 3. The smallest absolute Gasteiger partial charge is 0.0696 e. The molecule has 1 aromatic carbocycles. The molecule has 0 amide bonds. The summed E-state index contributed by atoms with van der Waals surface area (Å²) < 4.78 is 1.18. The summed E-state index contributed by atoms with van der Waals surface area (Å²) >= 11 is 9.36. The molecule has 0 saturated carbocycles. The van der Waals surface area contributed by atoms with Crippen molar-refractivity contribution >= 4 is 44.8 Å². The summed E-state index contributed by atoms with van der Waals surface area (Å²) in [7, 11) is 0. The number of benzene rings is 1. The van der Waals surface area contributed by atoms with E-state index < -0.39 is 0 Å². The van der Waals surface area contributed by atoms with Crippen molar-refractivity contribution in [3.05, 3.63) is 28.1 Å². The highest BCUT2D eigenvalue weighted by molar-refractivity contribution is 7.99. The molecule has 0 atom stereocenters. The van der Waals surface area contributed by atoms with Gasteiger partial charge < -0.3 is 5.11 Å². The topological polar surface area (TPSA) is 20.2 Å². The van der Waals surface area contributed by atoms with E-state index in [1.54, 1.807) is 23.1 Å². The van der Waals surface area contributed by atoms with Gasteiger partial charge in [0.2, 0.25) is 0 Å². The first-order valence-electron chi connectivity index (χ1n) is 4.11. The van der Waals surface area contributed by atoms with Gasteiger partial charge in [0.05, 0.1) is 11.6 Å². The van der Waals surface area contributed by atoms with Crippen LogP contribution in [0.1, 0.15) is 5.56 Å². The zero-order valence-corrected chi connectivity index (χ0v) is 9.97. The van der Waals surface area contributed by atoms with E-state index in [0.717, 1.165) is 20.9 Å². The number of hydrogen-bond donors (Lipinski definition) is 1. The van der Waals surface area contributed by atoms with Crippen LogP contribution in [0.15, 0.2) is 22.4 Å². The minimum absolute atomic E-state index is 0.0773. The van der Waals surface area contributed by atoms with Gasteiger partial charge in [-0.25, -0.2) is 0 Å². The zero-order valence-electron chi connectivity index (χ0n) is 7.58. The average Bonchev–Trinajstić information content (AvgIpc) is 2.61. The van der Waals surface area contributed by atoms with E-state index in [0.29, 0.717) is 0 Å². The van der Waals surface area contributed by atoms with Crippen LogP contribution >= 0.6 is 34.7 Å². The molecular formula is C10H9ClOS2. The molecule has 0 spiro atoms. The van der Waals surface area contributed by atoms with Gasteiger partial charge in [0, 0.05) is 15.0 Å². The van der Waals surface area contributed by atoms with Gasteiger partial charge in [-0.2, -0.15) is 0 Å². The third kappa shape index (κ3) is 1.54. The van der Waals surface area contributed by atoms with Crippen LogP contribution in [-0.4, -0.2) is 11.4 Å². The molecule has 0 aliphatic rings. The van der Waals surface area contributed by atoms with Crippen LogP contribution in [-0.2, 0) is 6.61 Å². The fourth-order valence-electron chi connectivity index (χ4n) is 1.45. The molecule has 74 valence electrons. The van der Waals surface area contributed by atoms with Gasteiger partial charge in [0.25, 0.3) is 0 Å². The summed E-state index contributed by atoms with van der Waals surface area (Å²) in [4.78, 5) is 1.06. The van der Waals surface area contributed by atoms with Crippen molar-refractivity contribution in [1.82, 2.24) is 0 Å². The highest BCUT2D eigenvalue weighted by atomic mass is 35.5.